The first-order valence-electron chi connectivity index (χ1n) is 11.4. The molecule has 2 aromatic heterocycles. The van der Waals surface area contributed by atoms with Crippen LogP contribution < -0.4 is 9.64 Å². The predicted octanol–water partition coefficient (Wildman–Crippen LogP) is 3.96. The Labute approximate surface area is 213 Å². The largest absolute Gasteiger partial charge is 0.491 e. The molecule has 0 unspecified atom stereocenters. The van der Waals surface area contributed by atoms with E-state index in [1.165, 1.54) is 4.31 Å². The Hall–Kier alpha value is -2.63. The van der Waals surface area contributed by atoms with E-state index in [-0.39, 0.29) is 23.6 Å². The molecule has 3 heterocycles. The fourth-order valence-electron chi connectivity index (χ4n) is 4.45. The minimum Gasteiger partial charge on any atom is -0.491 e. The zero-order chi connectivity index (χ0) is 25.3. The van der Waals surface area contributed by atoms with Gasteiger partial charge in [-0.05, 0) is 79.0 Å². The van der Waals surface area contributed by atoms with Crippen molar-refractivity contribution in [2.24, 2.45) is 0 Å². The summed E-state index contributed by atoms with van der Waals surface area (Å²) in [5, 5.41) is 10.2. The number of hydrogen-bond donors (Lipinski definition) is 1. The Kier molecular flexibility index (Phi) is 7.39. The van der Waals surface area contributed by atoms with Crippen molar-refractivity contribution in [2.75, 3.05) is 25.0 Å². The van der Waals surface area contributed by atoms with Crippen molar-refractivity contribution in [1.82, 2.24) is 13.9 Å². The maximum atomic E-state index is 13.2. The Bertz CT molecular complexity index is 1320. The van der Waals surface area contributed by atoms with Crippen LogP contribution in [0.25, 0.3) is 11.0 Å². The zero-order valence-corrected chi connectivity index (χ0v) is 22.3. The third-order valence-corrected chi connectivity index (χ3v) is 8.51. The lowest BCUT2D eigenvalue weighted by molar-refractivity contribution is -0.137. The molecule has 9 nitrogen and oxygen atoms in total. The van der Waals surface area contributed by atoms with Crippen LogP contribution in [0.15, 0.2) is 52.1 Å². The number of rotatable bonds is 8. The van der Waals surface area contributed by atoms with Gasteiger partial charge >= 0.3 is 5.97 Å². The molecular weight excluding hydrogens is 536 g/mol. The van der Waals surface area contributed by atoms with Crippen LogP contribution in [0, 0.1) is 0 Å². The van der Waals surface area contributed by atoms with Crippen LogP contribution in [0.4, 0.5) is 5.69 Å². The number of piperidine rings is 1. The SMILES string of the molecule is CC(C)Oc1ccc(S(=O)(=O)N2CCC(N(C)c3cn(CC(=O)O)c4nc(Br)ccc34)CC2)cc1. The van der Waals surface area contributed by atoms with Crippen LogP contribution in [0.3, 0.4) is 0 Å². The van der Waals surface area contributed by atoms with Gasteiger partial charge in [-0.2, -0.15) is 4.31 Å². The molecule has 0 atom stereocenters. The van der Waals surface area contributed by atoms with Crippen molar-refractivity contribution in [3.8, 4) is 5.75 Å². The van der Waals surface area contributed by atoms with E-state index in [4.69, 9.17) is 4.74 Å². The van der Waals surface area contributed by atoms with Gasteiger partial charge in [-0.15, -0.1) is 0 Å². The molecule has 1 saturated heterocycles. The van der Waals surface area contributed by atoms with Crippen LogP contribution >= 0.6 is 15.9 Å². The van der Waals surface area contributed by atoms with Crippen LogP contribution in [-0.2, 0) is 21.4 Å². The lowest BCUT2D eigenvalue weighted by Gasteiger charge is -2.37. The summed E-state index contributed by atoms with van der Waals surface area (Å²) in [6, 6.07) is 10.4. The number of nitrogens with zero attached hydrogens (tertiary/aromatic N) is 4. The summed E-state index contributed by atoms with van der Waals surface area (Å²) in [5.41, 5.74) is 1.47. The van der Waals surface area contributed by atoms with Gasteiger partial charge in [0.25, 0.3) is 0 Å². The number of sulfonamides is 1. The quantitative estimate of drug-likeness (QED) is 0.413. The minimum atomic E-state index is -3.60. The number of fused-ring (bicyclic) bond motifs is 1. The smallest absolute Gasteiger partial charge is 0.323 e. The number of aromatic nitrogens is 2. The van der Waals surface area contributed by atoms with E-state index in [0.29, 0.717) is 41.9 Å². The van der Waals surface area contributed by atoms with E-state index in [2.05, 4.69) is 25.8 Å². The molecule has 0 spiro atoms. The molecule has 0 aliphatic carbocycles. The van der Waals surface area contributed by atoms with Gasteiger partial charge in [0.05, 0.1) is 16.7 Å². The highest BCUT2D eigenvalue weighted by Gasteiger charge is 2.32. The highest BCUT2D eigenvalue weighted by molar-refractivity contribution is 9.10. The Morgan fingerprint density at radius 1 is 1.20 bits per heavy atom. The second kappa shape index (κ2) is 10.2. The van der Waals surface area contributed by atoms with Gasteiger partial charge in [0.2, 0.25) is 10.0 Å². The first-order valence-corrected chi connectivity index (χ1v) is 13.7. The Morgan fingerprint density at radius 3 is 2.46 bits per heavy atom. The lowest BCUT2D eigenvalue weighted by Crippen LogP contribution is -2.45. The number of ether oxygens (including phenoxy) is 1. The molecule has 0 amide bonds. The van der Waals surface area contributed by atoms with Crippen molar-refractivity contribution >= 4 is 48.6 Å². The number of pyridine rings is 1. The van der Waals surface area contributed by atoms with Crippen molar-refractivity contribution in [1.29, 1.82) is 0 Å². The average Bonchev–Trinajstić information content (AvgIpc) is 3.15. The first-order chi connectivity index (χ1) is 16.6. The third-order valence-electron chi connectivity index (χ3n) is 6.16. The highest BCUT2D eigenvalue weighted by Crippen LogP contribution is 2.33. The molecule has 35 heavy (non-hydrogen) atoms. The van der Waals surface area contributed by atoms with E-state index in [1.807, 2.05) is 39.2 Å². The molecular formula is C24H29BrN4O5S. The number of carboxylic acids is 1. The molecule has 1 fully saturated rings. The van der Waals surface area contributed by atoms with E-state index in [0.717, 1.165) is 11.1 Å². The third kappa shape index (κ3) is 5.46. The van der Waals surface area contributed by atoms with Crippen LogP contribution in [-0.4, -0.2) is 65.6 Å². The normalized spacial score (nSPS) is 15.6. The van der Waals surface area contributed by atoms with Gasteiger partial charge in [-0.1, -0.05) is 0 Å². The van der Waals surface area contributed by atoms with Gasteiger partial charge in [0.1, 0.15) is 22.5 Å². The Morgan fingerprint density at radius 2 is 1.86 bits per heavy atom. The summed E-state index contributed by atoms with van der Waals surface area (Å²) < 4.78 is 35.8. The zero-order valence-electron chi connectivity index (χ0n) is 19.9. The van der Waals surface area contributed by atoms with E-state index >= 15 is 0 Å². The summed E-state index contributed by atoms with van der Waals surface area (Å²) in [5.74, 6) is -0.303. The fraction of sp³-hybridized carbons (Fsp3) is 0.417. The fourth-order valence-corrected chi connectivity index (χ4v) is 6.22. The summed E-state index contributed by atoms with van der Waals surface area (Å²) in [6.45, 7) is 4.46. The van der Waals surface area contributed by atoms with Crippen molar-refractivity contribution in [3.05, 3.63) is 47.2 Å². The van der Waals surface area contributed by atoms with Crippen molar-refractivity contribution in [2.45, 2.75) is 50.3 Å². The standard InChI is InChI=1S/C24H29BrN4O5S/c1-16(2)34-18-4-6-19(7-5-18)35(32,33)29-12-10-17(11-13-29)27(3)21-14-28(15-23(30)31)24-20(21)8-9-22(25)26-24/h4-9,14,16-17H,10-13,15H2,1-3H3,(H,30,31). The highest BCUT2D eigenvalue weighted by atomic mass is 79.9. The second-order valence-electron chi connectivity index (χ2n) is 8.93. The number of benzene rings is 1. The van der Waals surface area contributed by atoms with Gasteiger partial charge in [-0.3, -0.25) is 4.79 Å². The molecule has 4 rings (SSSR count). The molecule has 0 saturated carbocycles. The van der Waals surface area contributed by atoms with Crippen molar-refractivity contribution < 1.29 is 23.1 Å². The number of aliphatic carboxylic acids is 1. The van der Waals surface area contributed by atoms with Crippen LogP contribution in [0.2, 0.25) is 0 Å². The number of halogens is 1. The van der Waals surface area contributed by atoms with Gasteiger partial charge < -0.3 is 19.3 Å². The molecule has 1 aromatic carbocycles. The van der Waals surface area contributed by atoms with E-state index < -0.39 is 16.0 Å². The first kappa shape index (κ1) is 25.5. The molecule has 1 aliphatic rings. The maximum Gasteiger partial charge on any atom is 0.323 e. The maximum absolute atomic E-state index is 13.2. The molecule has 1 aliphatic heterocycles. The molecule has 1 N–H and O–H groups in total. The van der Waals surface area contributed by atoms with Crippen LogP contribution in [0.1, 0.15) is 26.7 Å². The summed E-state index contributed by atoms with van der Waals surface area (Å²) in [7, 11) is -1.63. The lowest BCUT2D eigenvalue weighted by atomic mass is 10.0. The number of anilines is 1. The number of hydrogen-bond acceptors (Lipinski definition) is 6. The molecule has 188 valence electrons. The van der Waals surface area contributed by atoms with E-state index in [9.17, 15) is 18.3 Å². The summed E-state index contributed by atoms with van der Waals surface area (Å²) in [4.78, 5) is 18.2. The summed E-state index contributed by atoms with van der Waals surface area (Å²) in [6.07, 6.45) is 3.13. The van der Waals surface area contributed by atoms with E-state index in [1.54, 1.807) is 28.8 Å². The average molecular weight is 565 g/mol. The van der Waals surface area contributed by atoms with Gasteiger partial charge in [0.15, 0.2) is 0 Å². The number of carboxylic acid groups (broad SMARTS) is 1. The van der Waals surface area contributed by atoms with Crippen molar-refractivity contribution in [3.63, 3.8) is 0 Å². The second-order valence-corrected chi connectivity index (χ2v) is 11.7. The topological polar surface area (TPSA) is 105 Å². The summed E-state index contributed by atoms with van der Waals surface area (Å²) >= 11 is 3.36. The Balaban J connectivity index is 1.49. The molecule has 3 aromatic rings. The molecule has 0 radical (unpaired) electrons. The van der Waals surface area contributed by atoms with Gasteiger partial charge in [-0.25, -0.2) is 13.4 Å². The predicted molar refractivity (Wildman–Crippen MR) is 137 cm³/mol. The van der Waals surface area contributed by atoms with Crippen LogP contribution in [0.5, 0.6) is 5.75 Å². The molecule has 0 bridgehead atoms. The monoisotopic (exact) mass is 564 g/mol. The van der Waals surface area contributed by atoms with Gasteiger partial charge in [0, 0.05) is 37.8 Å². The number of carbonyl (C=O) groups is 1. The minimum absolute atomic E-state index is 0.0175. The molecule has 11 heteroatoms.